The fraction of sp³-hybridized carbons (Fsp3) is 0.435. The number of carbonyl (C=O) groups excluding carboxylic acids is 2. The minimum atomic E-state index is -1.04. The van der Waals surface area contributed by atoms with Gasteiger partial charge in [0.15, 0.2) is 0 Å². The molecule has 1 fully saturated rings. The number of amides is 1. The van der Waals surface area contributed by atoms with Gasteiger partial charge in [-0.05, 0) is 23.9 Å². The summed E-state index contributed by atoms with van der Waals surface area (Å²) in [7, 11) is 0. The van der Waals surface area contributed by atoms with Gasteiger partial charge in [0.1, 0.15) is 19.1 Å². The lowest BCUT2D eigenvalue weighted by molar-refractivity contribution is -0.145. The van der Waals surface area contributed by atoms with Crippen LogP contribution in [0.15, 0.2) is 47.8 Å². The van der Waals surface area contributed by atoms with Crippen molar-refractivity contribution < 1.29 is 24.2 Å². The number of benzene rings is 1. The maximum atomic E-state index is 13.2. The van der Waals surface area contributed by atoms with E-state index in [9.17, 15) is 19.5 Å². The average molecular weight is 513 g/mol. The second-order valence-electron chi connectivity index (χ2n) is 7.50. The maximum absolute atomic E-state index is 13.2. The molecule has 1 unspecified atom stereocenters. The SMILES string of the molecule is CCO[C@@H](CC(C=O)c1ccccc1)N[C@H]1CS[C@H](c2cccs2)CN(CC(=O)O)C1=O.Cl. The molecule has 0 aliphatic carbocycles. The molecule has 4 atom stereocenters. The van der Waals surface area contributed by atoms with Crippen molar-refractivity contribution >= 4 is 53.7 Å². The van der Waals surface area contributed by atoms with Crippen LogP contribution in [0.4, 0.5) is 0 Å². The van der Waals surface area contributed by atoms with Gasteiger partial charge in [0.25, 0.3) is 0 Å². The van der Waals surface area contributed by atoms with E-state index in [0.29, 0.717) is 25.3 Å². The number of ether oxygens (including phenoxy) is 1. The number of hydrogen-bond donors (Lipinski definition) is 2. The zero-order valence-electron chi connectivity index (χ0n) is 18.3. The minimum absolute atomic E-state index is 0. The molecule has 7 nitrogen and oxygen atoms in total. The third-order valence-corrected chi connectivity index (χ3v) is 7.73. The molecule has 33 heavy (non-hydrogen) atoms. The molecule has 1 saturated heterocycles. The molecule has 3 rings (SSSR count). The highest BCUT2D eigenvalue weighted by Crippen LogP contribution is 2.35. The number of carbonyl (C=O) groups is 3. The number of aliphatic carboxylic acids is 1. The van der Waals surface area contributed by atoms with Gasteiger partial charge in [-0.2, -0.15) is 0 Å². The lowest BCUT2D eigenvalue weighted by Crippen LogP contribution is -2.52. The quantitative estimate of drug-likeness (QED) is 0.351. The number of carboxylic acids is 1. The zero-order valence-corrected chi connectivity index (χ0v) is 20.7. The zero-order chi connectivity index (χ0) is 22.9. The van der Waals surface area contributed by atoms with Gasteiger partial charge in [-0.25, -0.2) is 0 Å². The molecule has 180 valence electrons. The van der Waals surface area contributed by atoms with Gasteiger partial charge in [0.05, 0.1) is 11.3 Å². The van der Waals surface area contributed by atoms with E-state index >= 15 is 0 Å². The van der Waals surface area contributed by atoms with E-state index in [1.54, 1.807) is 23.1 Å². The van der Waals surface area contributed by atoms with E-state index < -0.39 is 18.2 Å². The van der Waals surface area contributed by atoms with Crippen LogP contribution in [0.2, 0.25) is 0 Å². The first-order chi connectivity index (χ1) is 15.5. The largest absolute Gasteiger partial charge is 0.480 e. The third kappa shape index (κ3) is 7.82. The van der Waals surface area contributed by atoms with Crippen molar-refractivity contribution in [1.29, 1.82) is 0 Å². The lowest BCUT2D eigenvalue weighted by Gasteiger charge is -2.28. The van der Waals surface area contributed by atoms with Gasteiger partial charge < -0.3 is 19.5 Å². The summed E-state index contributed by atoms with van der Waals surface area (Å²) in [6.07, 6.45) is 0.759. The van der Waals surface area contributed by atoms with Gasteiger partial charge in [-0.3, -0.25) is 14.9 Å². The molecule has 1 aromatic heterocycles. The average Bonchev–Trinajstić information content (AvgIpc) is 3.28. The number of hydrogen-bond acceptors (Lipinski definition) is 7. The number of thiophene rings is 1. The van der Waals surface area contributed by atoms with Crippen LogP contribution in [0.25, 0.3) is 0 Å². The monoisotopic (exact) mass is 512 g/mol. The molecule has 0 spiro atoms. The Labute approximate surface area is 208 Å². The first kappa shape index (κ1) is 27.3. The van der Waals surface area contributed by atoms with Crippen molar-refractivity contribution in [2.75, 3.05) is 25.4 Å². The Morgan fingerprint density at radius 1 is 1.30 bits per heavy atom. The molecule has 2 heterocycles. The number of halogens is 1. The number of rotatable bonds is 11. The molecule has 2 aromatic rings. The number of thioether (sulfide) groups is 1. The summed E-state index contributed by atoms with van der Waals surface area (Å²) >= 11 is 3.24. The number of carboxylic acid groups (broad SMARTS) is 1. The Morgan fingerprint density at radius 2 is 2.06 bits per heavy atom. The number of nitrogens with one attached hydrogen (secondary N) is 1. The van der Waals surface area contributed by atoms with E-state index in [4.69, 9.17) is 4.74 Å². The smallest absolute Gasteiger partial charge is 0.323 e. The topological polar surface area (TPSA) is 95.9 Å². The molecule has 1 amide bonds. The second kappa shape index (κ2) is 13.7. The highest BCUT2D eigenvalue weighted by atomic mass is 35.5. The van der Waals surface area contributed by atoms with Crippen molar-refractivity contribution in [1.82, 2.24) is 10.2 Å². The standard InChI is InChI=1S/C23H28N2O5S2.ClH/c1-2-30-21(11-17(14-26)16-7-4-3-5-8-16)24-18-15-32-20(19-9-6-10-31-19)12-25(23(18)29)13-22(27)28;/h3-10,14,17-18,20-21,24H,2,11-13,15H2,1H3,(H,27,28);1H/t17?,18-,20-,21-;/m0./s1. The third-order valence-electron chi connectivity index (χ3n) is 5.26. The highest BCUT2D eigenvalue weighted by Gasteiger charge is 2.35. The molecule has 0 bridgehead atoms. The van der Waals surface area contributed by atoms with Gasteiger partial charge >= 0.3 is 5.97 Å². The van der Waals surface area contributed by atoms with Gasteiger partial charge in [0, 0.05) is 36.1 Å². The summed E-state index contributed by atoms with van der Waals surface area (Å²) < 4.78 is 5.84. The fourth-order valence-corrected chi connectivity index (χ4v) is 5.99. The minimum Gasteiger partial charge on any atom is -0.480 e. The normalized spacial score (nSPS) is 20.4. The van der Waals surface area contributed by atoms with Crippen molar-refractivity contribution in [2.45, 2.75) is 36.8 Å². The summed E-state index contributed by atoms with van der Waals surface area (Å²) in [5.74, 6) is -1.19. The second-order valence-corrected chi connectivity index (χ2v) is 9.72. The van der Waals surface area contributed by atoms with Gasteiger partial charge in [-0.1, -0.05) is 36.4 Å². The van der Waals surface area contributed by atoms with E-state index in [0.717, 1.165) is 16.7 Å². The van der Waals surface area contributed by atoms with Gasteiger partial charge in [0.2, 0.25) is 5.91 Å². The predicted octanol–water partition coefficient (Wildman–Crippen LogP) is 3.56. The molecular weight excluding hydrogens is 484 g/mol. The van der Waals surface area contributed by atoms with Crippen LogP contribution in [0, 0.1) is 0 Å². The van der Waals surface area contributed by atoms with Crippen molar-refractivity contribution in [3.63, 3.8) is 0 Å². The maximum Gasteiger partial charge on any atom is 0.323 e. The highest BCUT2D eigenvalue weighted by molar-refractivity contribution is 7.99. The molecule has 1 aliphatic rings. The summed E-state index contributed by atoms with van der Waals surface area (Å²) in [5, 5.41) is 14.6. The Hall–Kier alpha value is -1.91. The van der Waals surface area contributed by atoms with E-state index in [-0.39, 0.29) is 36.0 Å². The van der Waals surface area contributed by atoms with Crippen molar-refractivity contribution in [3.05, 3.63) is 58.3 Å². The lowest BCUT2D eigenvalue weighted by atomic mass is 9.96. The summed E-state index contributed by atoms with van der Waals surface area (Å²) in [4.78, 5) is 38.9. The van der Waals surface area contributed by atoms with Crippen LogP contribution in [0.3, 0.4) is 0 Å². The van der Waals surface area contributed by atoms with Crippen LogP contribution in [-0.2, 0) is 19.1 Å². The van der Waals surface area contributed by atoms with Crippen LogP contribution >= 0.6 is 35.5 Å². The molecule has 10 heteroatoms. The molecule has 1 aromatic carbocycles. The molecular formula is C23H29ClN2O5S2. The summed E-state index contributed by atoms with van der Waals surface area (Å²) in [5.41, 5.74) is 0.890. The van der Waals surface area contributed by atoms with Crippen LogP contribution in [0.5, 0.6) is 0 Å². The summed E-state index contributed by atoms with van der Waals surface area (Å²) in [6.45, 7) is 2.28. The Bertz CT molecular complexity index is 884. The first-order valence-electron chi connectivity index (χ1n) is 10.5. The molecule has 0 radical (unpaired) electrons. The van der Waals surface area contributed by atoms with Crippen molar-refractivity contribution in [3.8, 4) is 0 Å². The van der Waals surface area contributed by atoms with E-state index in [1.807, 2.05) is 54.8 Å². The van der Waals surface area contributed by atoms with Crippen LogP contribution in [-0.4, -0.2) is 65.9 Å². The Balaban J connectivity index is 0.00000385. The van der Waals surface area contributed by atoms with Gasteiger partial charge in [-0.15, -0.1) is 35.5 Å². The molecule has 0 saturated carbocycles. The Morgan fingerprint density at radius 3 is 2.67 bits per heavy atom. The first-order valence-corrected chi connectivity index (χ1v) is 12.5. The number of aldehydes is 1. The van der Waals surface area contributed by atoms with Crippen LogP contribution < -0.4 is 5.32 Å². The van der Waals surface area contributed by atoms with Crippen LogP contribution in [0.1, 0.15) is 35.0 Å². The van der Waals surface area contributed by atoms with Crippen molar-refractivity contribution in [2.24, 2.45) is 0 Å². The van der Waals surface area contributed by atoms with E-state index in [2.05, 4.69) is 5.32 Å². The predicted molar refractivity (Wildman–Crippen MR) is 133 cm³/mol. The summed E-state index contributed by atoms with van der Waals surface area (Å²) in [6, 6.07) is 12.8. The molecule has 1 aliphatic heterocycles. The number of nitrogens with zero attached hydrogens (tertiary/aromatic N) is 1. The van der Waals surface area contributed by atoms with E-state index in [1.165, 1.54) is 4.90 Å². The fourth-order valence-electron chi connectivity index (χ4n) is 3.73. The Kier molecular flexibility index (Phi) is 11.4. The molecule has 2 N–H and O–H groups in total.